The second-order valence-electron chi connectivity index (χ2n) is 14.1. The summed E-state index contributed by atoms with van der Waals surface area (Å²) in [7, 11) is 0. The molecule has 0 spiro atoms. The van der Waals surface area contributed by atoms with Crippen LogP contribution in [-0.2, 0) is 23.7 Å². The van der Waals surface area contributed by atoms with E-state index in [2.05, 4.69) is 38.2 Å². The lowest BCUT2D eigenvalue weighted by Gasteiger charge is -2.39. The summed E-state index contributed by atoms with van der Waals surface area (Å²) in [5, 5.41) is 40.0. The maximum atomic E-state index is 12.7. The minimum absolute atomic E-state index is 0.115. The number of aliphatic hydroxyl groups is 4. The lowest BCUT2D eigenvalue weighted by atomic mass is 9.99. The summed E-state index contributed by atoms with van der Waals surface area (Å²) in [6.07, 6.45) is 29.1. The molecule has 1 heterocycles. The van der Waals surface area contributed by atoms with Crippen LogP contribution in [0.3, 0.4) is 0 Å². The summed E-state index contributed by atoms with van der Waals surface area (Å²) in [5.74, 6) is -0.318. The topological polar surface area (TPSA) is 135 Å². The summed E-state index contributed by atoms with van der Waals surface area (Å²) in [6.45, 7) is 4.49. The van der Waals surface area contributed by atoms with Gasteiger partial charge in [0.1, 0.15) is 30.5 Å². The molecule has 1 rings (SSSR count). The van der Waals surface area contributed by atoms with Crippen molar-refractivity contribution in [3.05, 3.63) is 24.3 Å². The molecular weight excluding hydrogens is 636 g/mol. The molecule has 1 aliphatic rings. The summed E-state index contributed by atoms with van der Waals surface area (Å²) < 4.78 is 22.7. The van der Waals surface area contributed by atoms with E-state index in [0.717, 1.165) is 51.4 Å². The lowest BCUT2D eigenvalue weighted by Crippen LogP contribution is -2.59. The number of hydrogen-bond donors (Lipinski definition) is 4. The Balaban J connectivity index is 2.31. The normalized spacial score (nSPS) is 21.8. The van der Waals surface area contributed by atoms with Crippen molar-refractivity contribution in [2.75, 3.05) is 26.4 Å². The van der Waals surface area contributed by atoms with Crippen LogP contribution in [0.5, 0.6) is 0 Å². The quantitative estimate of drug-likeness (QED) is 0.0296. The molecule has 1 saturated heterocycles. The van der Waals surface area contributed by atoms with Crippen molar-refractivity contribution >= 4 is 5.97 Å². The zero-order valence-corrected chi connectivity index (χ0v) is 31.9. The van der Waals surface area contributed by atoms with E-state index < -0.39 is 43.4 Å². The van der Waals surface area contributed by atoms with E-state index in [4.69, 9.17) is 18.9 Å². The molecule has 0 aromatic carbocycles. The summed E-state index contributed by atoms with van der Waals surface area (Å²) in [4.78, 5) is 12.7. The van der Waals surface area contributed by atoms with Crippen LogP contribution in [-0.4, -0.2) is 89.6 Å². The highest BCUT2D eigenvalue weighted by Gasteiger charge is 2.44. The minimum Gasteiger partial charge on any atom is -0.457 e. The average molecular weight is 713 g/mol. The Morgan fingerprint density at radius 3 is 1.78 bits per heavy atom. The fraction of sp³-hybridized carbons (Fsp3) is 0.878. The molecule has 0 bridgehead atoms. The maximum absolute atomic E-state index is 12.7. The van der Waals surface area contributed by atoms with E-state index in [9.17, 15) is 25.2 Å². The van der Waals surface area contributed by atoms with E-state index in [1.807, 2.05) is 0 Å². The minimum atomic E-state index is -1.53. The molecule has 0 aromatic heterocycles. The molecule has 0 amide bonds. The first-order valence-electron chi connectivity index (χ1n) is 20.4. The van der Waals surface area contributed by atoms with Gasteiger partial charge in [-0.1, -0.05) is 147 Å². The van der Waals surface area contributed by atoms with Crippen LogP contribution < -0.4 is 0 Å². The van der Waals surface area contributed by atoms with Crippen LogP contribution >= 0.6 is 0 Å². The van der Waals surface area contributed by atoms with E-state index in [1.165, 1.54) is 96.3 Å². The Bertz CT molecular complexity index is 818. The molecule has 9 heteroatoms. The zero-order chi connectivity index (χ0) is 36.5. The van der Waals surface area contributed by atoms with Gasteiger partial charge in [0, 0.05) is 13.0 Å². The highest BCUT2D eigenvalue weighted by atomic mass is 16.7. The predicted molar refractivity (Wildman–Crippen MR) is 201 cm³/mol. The van der Waals surface area contributed by atoms with Gasteiger partial charge in [-0.2, -0.15) is 0 Å². The molecule has 0 aromatic rings. The fourth-order valence-electron chi connectivity index (χ4n) is 6.10. The molecule has 0 saturated carbocycles. The molecule has 4 N–H and O–H groups in total. The maximum Gasteiger partial charge on any atom is 0.306 e. The SMILES string of the molecule is CCCC/C=C\C/C=C\CCCCCCCCOCC(COC1OC(CO)C(O)C(O)C1O)OC(=O)CCCCCCCCCCCCCC. The standard InChI is InChI=1S/C41H76O9/c1-3-5-7-9-11-13-15-17-18-19-21-23-25-27-29-31-47-33-35(34-48-41-40(46)39(45)38(44)36(32-42)50-41)49-37(43)30-28-26-24-22-20-16-14-12-10-8-6-4-2/h9,11,15,17,35-36,38-42,44-46H,3-8,10,12-14,16,18-34H2,1-2H3/b11-9-,17-15-. The van der Waals surface area contributed by atoms with Crippen molar-refractivity contribution in [1.82, 2.24) is 0 Å². The van der Waals surface area contributed by atoms with Crippen molar-refractivity contribution in [3.8, 4) is 0 Å². The molecule has 9 nitrogen and oxygen atoms in total. The Hall–Kier alpha value is -1.33. The molecular formula is C41H76O9. The van der Waals surface area contributed by atoms with E-state index in [0.29, 0.717) is 13.0 Å². The van der Waals surface area contributed by atoms with Gasteiger partial charge in [-0.25, -0.2) is 0 Å². The first-order valence-corrected chi connectivity index (χ1v) is 20.4. The van der Waals surface area contributed by atoms with Gasteiger partial charge >= 0.3 is 5.97 Å². The molecule has 0 aliphatic carbocycles. The van der Waals surface area contributed by atoms with E-state index in [1.54, 1.807) is 0 Å². The monoisotopic (exact) mass is 713 g/mol. The third-order valence-corrected chi connectivity index (χ3v) is 9.37. The Labute approximate surface area is 305 Å². The average Bonchev–Trinajstić information content (AvgIpc) is 3.11. The van der Waals surface area contributed by atoms with Crippen molar-refractivity contribution in [1.29, 1.82) is 0 Å². The number of rotatable bonds is 34. The molecule has 50 heavy (non-hydrogen) atoms. The second-order valence-corrected chi connectivity index (χ2v) is 14.1. The molecule has 6 unspecified atom stereocenters. The molecule has 0 radical (unpaired) electrons. The zero-order valence-electron chi connectivity index (χ0n) is 31.9. The second kappa shape index (κ2) is 33.5. The predicted octanol–water partition coefficient (Wildman–Crippen LogP) is 8.25. The summed E-state index contributed by atoms with van der Waals surface area (Å²) in [5.41, 5.74) is 0. The van der Waals surface area contributed by atoms with E-state index >= 15 is 0 Å². The number of allylic oxidation sites excluding steroid dienone is 4. The van der Waals surface area contributed by atoms with Crippen molar-refractivity contribution in [2.45, 2.75) is 205 Å². The number of aliphatic hydroxyl groups excluding tert-OH is 4. The van der Waals surface area contributed by atoms with Crippen LogP contribution in [0.25, 0.3) is 0 Å². The Kier molecular flexibility index (Phi) is 31.3. The fourth-order valence-corrected chi connectivity index (χ4v) is 6.10. The van der Waals surface area contributed by atoms with Gasteiger partial charge in [-0.05, 0) is 38.5 Å². The van der Waals surface area contributed by atoms with Crippen LogP contribution in [0.4, 0.5) is 0 Å². The van der Waals surface area contributed by atoms with Crippen molar-refractivity contribution < 1.29 is 44.2 Å². The lowest BCUT2D eigenvalue weighted by molar-refractivity contribution is -0.305. The van der Waals surface area contributed by atoms with Crippen LogP contribution in [0.2, 0.25) is 0 Å². The van der Waals surface area contributed by atoms with Gasteiger partial charge in [0.25, 0.3) is 0 Å². The van der Waals surface area contributed by atoms with Gasteiger partial charge in [-0.3, -0.25) is 4.79 Å². The van der Waals surface area contributed by atoms with Crippen LogP contribution in [0, 0.1) is 0 Å². The summed E-state index contributed by atoms with van der Waals surface area (Å²) in [6, 6.07) is 0. The number of ether oxygens (including phenoxy) is 4. The molecule has 1 fully saturated rings. The van der Waals surface area contributed by atoms with Crippen LogP contribution in [0.15, 0.2) is 24.3 Å². The Morgan fingerprint density at radius 1 is 0.640 bits per heavy atom. The number of carbonyl (C=O) groups excluding carboxylic acids is 1. The first kappa shape index (κ1) is 46.7. The highest BCUT2D eigenvalue weighted by molar-refractivity contribution is 5.69. The number of carbonyl (C=O) groups is 1. The number of unbranched alkanes of at least 4 members (excludes halogenated alkanes) is 19. The van der Waals surface area contributed by atoms with Crippen molar-refractivity contribution in [2.24, 2.45) is 0 Å². The van der Waals surface area contributed by atoms with Gasteiger partial charge in [0.15, 0.2) is 6.29 Å². The van der Waals surface area contributed by atoms with Gasteiger partial charge in [0.05, 0.1) is 19.8 Å². The van der Waals surface area contributed by atoms with Crippen LogP contribution in [0.1, 0.15) is 168 Å². The van der Waals surface area contributed by atoms with E-state index in [-0.39, 0.29) is 19.2 Å². The third-order valence-electron chi connectivity index (χ3n) is 9.37. The van der Waals surface area contributed by atoms with Crippen molar-refractivity contribution in [3.63, 3.8) is 0 Å². The number of hydrogen-bond acceptors (Lipinski definition) is 9. The van der Waals surface area contributed by atoms with Gasteiger partial charge in [-0.15, -0.1) is 0 Å². The smallest absolute Gasteiger partial charge is 0.306 e. The third kappa shape index (κ3) is 24.8. The first-order chi connectivity index (χ1) is 24.4. The van der Waals surface area contributed by atoms with Gasteiger partial charge < -0.3 is 39.4 Å². The molecule has 294 valence electrons. The summed E-state index contributed by atoms with van der Waals surface area (Å²) >= 11 is 0. The molecule has 6 atom stereocenters. The number of esters is 1. The largest absolute Gasteiger partial charge is 0.457 e. The molecule has 1 aliphatic heterocycles. The highest BCUT2D eigenvalue weighted by Crippen LogP contribution is 2.22. The Morgan fingerprint density at radius 2 is 1.18 bits per heavy atom. The van der Waals surface area contributed by atoms with Gasteiger partial charge in [0.2, 0.25) is 0 Å².